The van der Waals surface area contributed by atoms with Crippen LogP contribution in [0.1, 0.15) is 31.2 Å². The van der Waals surface area contributed by atoms with Gasteiger partial charge in [0.1, 0.15) is 0 Å². The van der Waals surface area contributed by atoms with Crippen LogP contribution in [0.3, 0.4) is 0 Å². The number of nitrogens with zero attached hydrogens (tertiary/aromatic N) is 3. The van der Waals surface area contributed by atoms with Crippen molar-refractivity contribution in [2.45, 2.75) is 25.3 Å². The number of rotatable bonds is 2. The molecule has 1 aliphatic rings. The van der Waals surface area contributed by atoms with E-state index in [9.17, 15) is 0 Å². The molecule has 0 spiro atoms. The van der Waals surface area contributed by atoms with Crippen LogP contribution in [0.4, 0.5) is 0 Å². The second-order valence-electron chi connectivity index (χ2n) is 4.20. The van der Waals surface area contributed by atoms with Crippen LogP contribution in [0.25, 0.3) is 11.4 Å². The Hall–Kier alpha value is -1.75. The quantitative estimate of drug-likeness (QED) is 0.854. The zero-order valence-electron chi connectivity index (χ0n) is 9.47. The van der Waals surface area contributed by atoms with E-state index < -0.39 is 0 Å². The fraction of sp³-hybridized carbons (Fsp3) is 0.417. The lowest BCUT2D eigenvalue weighted by atomic mass is 10.1. The van der Waals surface area contributed by atoms with Gasteiger partial charge >= 0.3 is 0 Å². The molecule has 1 fully saturated rings. The first kappa shape index (κ1) is 10.4. The molecule has 3 rings (SSSR count). The largest absolute Gasteiger partial charge is 0.337 e. The molecule has 2 aromatic rings. The maximum absolute atomic E-state index is 5.31. The summed E-state index contributed by atoms with van der Waals surface area (Å²) in [6.07, 6.45) is 6.97. The number of nitrogens with one attached hydrogen (secondary N) is 1. The van der Waals surface area contributed by atoms with Crippen LogP contribution in [0.5, 0.6) is 0 Å². The molecule has 1 saturated heterocycles. The fourth-order valence-corrected chi connectivity index (χ4v) is 2.05. The first-order valence-electron chi connectivity index (χ1n) is 5.91. The lowest BCUT2D eigenvalue weighted by molar-refractivity contribution is 0.297. The number of piperidine rings is 1. The second kappa shape index (κ2) is 4.63. The van der Waals surface area contributed by atoms with Gasteiger partial charge in [-0.15, -0.1) is 0 Å². The van der Waals surface area contributed by atoms with Gasteiger partial charge in [0.05, 0.1) is 6.04 Å². The normalized spacial score (nSPS) is 20.4. The van der Waals surface area contributed by atoms with Crippen LogP contribution in [-0.2, 0) is 0 Å². The molecule has 1 atom stereocenters. The summed E-state index contributed by atoms with van der Waals surface area (Å²) in [6, 6.07) is 4.00. The van der Waals surface area contributed by atoms with Crippen molar-refractivity contribution in [3.05, 3.63) is 30.4 Å². The highest BCUT2D eigenvalue weighted by Gasteiger charge is 2.21. The van der Waals surface area contributed by atoms with Gasteiger partial charge in [-0.25, -0.2) is 0 Å². The summed E-state index contributed by atoms with van der Waals surface area (Å²) < 4.78 is 5.31. The number of hydrogen-bond acceptors (Lipinski definition) is 5. The van der Waals surface area contributed by atoms with E-state index in [1.54, 1.807) is 12.4 Å². The Morgan fingerprint density at radius 1 is 1.35 bits per heavy atom. The third kappa shape index (κ3) is 2.19. The molecule has 0 aromatic carbocycles. The Kier molecular flexibility index (Phi) is 2.83. The Morgan fingerprint density at radius 2 is 2.35 bits per heavy atom. The third-order valence-corrected chi connectivity index (χ3v) is 2.97. The first-order chi connectivity index (χ1) is 8.43. The average molecular weight is 230 g/mol. The molecule has 3 heterocycles. The van der Waals surface area contributed by atoms with Crippen molar-refractivity contribution in [1.29, 1.82) is 0 Å². The molecule has 88 valence electrons. The Balaban J connectivity index is 1.83. The topological polar surface area (TPSA) is 63.8 Å². The number of aromatic nitrogens is 3. The maximum atomic E-state index is 5.31. The standard InChI is InChI=1S/C12H14N4O/c1-2-7-14-10(5-1)12-15-11(16-17-12)9-4-3-6-13-8-9/h3-4,6,8,10,14H,1-2,5,7H2/t10-/m1/s1. The Labute approximate surface area is 99.3 Å². The molecule has 17 heavy (non-hydrogen) atoms. The molecule has 1 aliphatic heterocycles. The van der Waals surface area contributed by atoms with Crippen molar-refractivity contribution < 1.29 is 4.52 Å². The summed E-state index contributed by atoms with van der Waals surface area (Å²) in [6.45, 7) is 1.02. The van der Waals surface area contributed by atoms with Gasteiger partial charge < -0.3 is 9.84 Å². The monoisotopic (exact) mass is 230 g/mol. The number of hydrogen-bond donors (Lipinski definition) is 1. The predicted molar refractivity (Wildman–Crippen MR) is 62.1 cm³/mol. The molecule has 5 nitrogen and oxygen atoms in total. The summed E-state index contributed by atoms with van der Waals surface area (Å²) in [7, 11) is 0. The molecular weight excluding hydrogens is 216 g/mol. The average Bonchev–Trinajstić information content (AvgIpc) is 2.90. The van der Waals surface area contributed by atoms with E-state index >= 15 is 0 Å². The van der Waals surface area contributed by atoms with Crippen molar-refractivity contribution >= 4 is 0 Å². The molecule has 0 unspecified atom stereocenters. The van der Waals surface area contributed by atoms with Gasteiger partial charge in [0.2, 0.25) is 11.7 Å². The van der Waals surface area contributed by atoms with Gasteiger partial charge in [0.25, 0.3) is 0 Å². The van der Waals surface area contributed by atoms with E-state index in [4.69, 9.17) is 4.52 Å². The van der Waals surface area contributed by atoms with E-state index in [1.165, 1.54) is 12.8 Å². The minimum atomic E-state index is 0.210. The molecule has 0 saturated carbocycles. The molecule has 5 heteroatoms. The van der Waals surface area contributed by atoms with Gasteiger partial charge in [-0.3, -0.25) is 4.98 Å². The van der Waals surface area contributed by atoms with Crippen molar-refractivity contribution in [1.82, 2.24) is 20.4 Å². The Morgan fingerprint density at radius 3 is 3.12 bits per heavy atom. The van der Waals surface area contributed by atoms with Gasteiger partial charge in [-0.1, -0.05) is 11.6 Å². The van der Waals surface area contributed by atoms with Gasteiger partial charge in [-0.2, -0.15) is 4.98 Å². The van der Waals surface area contributed by atoms with Crippen LogP contribution >= 0.6 is 0 Å². The zero-order chi connectivity index (χ0) is 11.5. The first-order valence-corrected chi connectivity index (χ1v) is 5.91. The molecule has 0 amide bonds. The van der Waals surface area contributed by atoms with E-state index in [0.717, 1.165) is 18.5 Å². The highest BCUT2D eigenvalue weighted by Crippen LogP contribution is 2.23. The fourth-order valence-electron chi connectivity index (χ4n) is 2.05. The Bertz CT molecular complexity index is 476. The predicted octanol–water partition coefficient (Wildman–Crippen LogP) is 1.95. The van der Waals surface area contributed by atoms with E-state index in [0.29, 0.717) is 11.7 Å². The van der Waals surface area contributed by atoms with Crippen molar-refractivity contribution in [3.8, 4) is 11.4 Å². The SMILES string of the molecule is c1cncc(-c2noc([C@H]3CCCCN3)n2)c1. The lowest BCUT2D eigenvalue weighted by Crippen LogP contribution is -2.26. The van der Waals surface area contributed by atoms with E-state index in [1.807, 2.05) is 12.1 Å². The van der Waals surface area contributed by atoms with Crippen LogP contribution < -0.4 is 5.32 Å². The minimum Gasteiger partial charge on any atom is -0.337 e. The lowest BCUT2D eigenvalue weighted by Gasteiger charge is -2.19. The summed E-state index contributed by atoms with van der Waals surface area (Å²) in [5.74, 6) is 1.30. The molecule has 0 radical (unpaired) electrons. The van der Waals surface area contributed by atoms with Crippen molar-refractivity contribution in [2.24, 2.45) is 0 Å². The van der Waals surface area contributed by atoms with Crippen LogP contribution in [-0.4, -0.2) is 21.7 Å². The van der Waals surface area contributed by atoms with Gasteiger partial charge in [0, 0.05) is 18.0 Å². The highest BCUT2D eigenvalue weighted by molar-refractivity contribution is 5.51. The second-order valence-corrected chi connectivity index (χ2v) is 4.20. The van der Waals surface area contributed by atoms with Gasteiger partial charge in [-0.05, 0) is 31.5 Å². The van der Waals surface area contributed by atoms with E-state index in [2.05, 4.69) is 20.4 Å². The summed E-state index contributed by atoms with van der Waals surface area (Å²) in [5, 5.41) is 7.38. The highest BCUT2D eigenvalue weighted by atomic mass is 16.5. The van der Waals surface area contributed by atoms with Crippen LogP contribution in [0.2, 0.25) is 0 Å². The van der Waals surface area contributed by atoms with Crippen LogP contribution in [0.15, 0.2) is 29.0 Å². The molecular formula is C12H14N4O. The summed E-state index contributed by atoms with van der Waals surface area (Å²) in [5.41, 5.74) is 0.887. The minimum absolute atomic E-state index is 0.210. The van der Waals surface area contributed by atoms with Crippen molar-refractivity contribution in [3.63, 3.8) is 0 Å². The smallest absolute Gasteiger partial charge is 0.244 e. The number of pyridine rings is 1. The third-order valence-electron chi connectivity index (χ3n) is 2.97. The summed E-state index contributed by atoms with van der Waals surface area (Å²) in [4.78, 5) is 8.47. The zero-order valence-corrected chi connectivity index (χ0v) is 9.47. The summed E-state index contributed by atoms with van der Waals surface area (Å²) >= 11 is 0. The van der Waals surface area contributed by atoms with E-state index in [-0.39, 0.29) is 6.04 Å². The molecule has 2 aromatic heterocycles. The maximum Gasteiger partial charge on any atom is 0.244 e. The van der Waals surface area contributed by atoms with Crippen LogP contribution in [0, 0.1) is 0 Å². The molecule has 1 N–H and O–H groups in total. The van der Waals surface area contributed by atoms with Crippen molar-refractivity contribution in [2.75, 3.05) is 6.54 Å². The molecule has 0 bridgehead atoms. The molecule has 0 aliphatic carbocycles. The van der Waals surface area contributed by atoms with Gasteiger partial charge in [0.15, 0.2) is 0 Å².